The average Bonchev–Trinajstić information content (AvgIpc) is 2.85. The molecular formula is C14H15F3N2. The molecule has 2 nitrogen and oxygen atoms in total. The zero-order valence-electron chi connectivity index (χ0n) is 10.8. The number of anilines is 1. The highest BCUT2D eigenvalue weighted by Gasteiger charge is 2.59. The molecule has 0 saturated heterocycles. The molecule has 3 rings (SSSR count). The van der Waals surface area contributed by atoms with Gasteiger partial charge in [0.05, 0.1) is 5.41 Å². The lowest BCUT2D eigenvalue weighted by Crippen LogP contribution is -2.48. The normalized spacial score (nSPS) is 29.3. The Kier molecular flexibility index (Phi) is 2.46. The molecule has 0 aromatic heterocycles. The molecule has 19 heavy (non-hydrogen) atoms. The number of hydrogen-bond donors (Lipinski definition) is 1. The van der Waals surface area contributed by atoms with E-state index in [1.165, 1.54) is 0 Å². The molecule has 0 fully saturated rings. The van der Waals surface area contributed by atoms with Crippen molar-refractivity contribution >= 4 is 11.4 Å². The van der Waals surface area contributed by atoms with Crippen molar-refractivity contribution < 1.29 is 13.2 Å². The molecule has 2 aliphatic rings. The highest BCUT2D eigenvalue weighted by molar-refractivity contribution is 6.04. The van der Waals surface area contributed by atoms with Crippen LogP contribution in [0.4, 0.5) is 18.9 Å². The van der Waals surface area contributed by atoms with Crippen LogP contribution in [0, 0.1) is 6.92 Å². The van der Waals surface area contributed by atoms with Gasteiger partial charge in [-0.05, 0) is 31.9 Å². The lowest BCUT2D eigenvalue weighted by atomic mass is 9.72. The third-order valence-corrected chi connectivity index (χ3v) is 4.23. The summed E-state index contributed by atoms with van der Waals surface area (Å²) >= 11 is 0. The van der Waals surface area contributed by atoms with Crippen molar-refractivity contribution in [2.24, 2.45) is 4.99 Å². The van der Waals surface area contributed by atoms with Gasteiger partial charge in [0.2, 0.25) is 0 Å². The summed E-state index contributed by atoms with van der Waals surface area (Å²) in [5.74, 6) is 0. The minimum Gasteiger partial charge on any atom is -0.381 e. The lowest BCUT2D eigenvalue weighted by molar-refractivity contribution is -0.0634. The number of halogens is 3. The number of aryl methyl sites for hydroxylation is 1. The second-order valence-electron chi connectivity index (χ2n) is 5.36. The number of nitrogens with zero attached hydrogens (tertiary/aromatic N) is 1. The molecular weight excluding hydrogens is 253 g/mol. The number of hydrogen-bond acceptors (Lipinski definition) is 2. The maximum Gasteiger partial charge on any atom is 0.430 e. The van der Waals surface area contributed by atoms with Crippen LogP contribution in [0.1, 0.15) is 24.5 Å². The molecule has 0 aliphatic carbocycles. The van der Waals surface area contributed by atoms with E-state index in [0.29, 0.717) is 6.42 Å². The third-order valence-electron chi connectivity index (χ3n) is 4.23. The molecule has 0 bridgehead atoms. The first-order valence-electron chi connectivity index (χ1n) is 6.35. The minimum absolute atomic E-state index is 0.244. The Bertz CT molecular complexity index is 562. The van der Waals surface area contributed by atoms with Crippen molar-refractivity contribution in [3.05, 3.63) is 29.3 Å². The summed E-state index contributed by atoms with van der Waals surface area (Å²) in [6.07, 6.45) is -3.94. The number of benzene rings is 1. The van der Waals surface area contributed by atoms with Gasteiger partial charge >= 0.3 is 6.18 Å². The van der Waals surface area contributed by atoms with E-state index in [0.717, 1.165) is 16.8 Å². The van der Waals surface area contributed by atoms with Gasteiger partial charge in [-0.2, -0.15) is 13.2 Å². The topological polar surface area (TPSA) is 24.4 Å². The summed E-state index contributed by atoms with van der Waals surface area (Å²) in [6, 6.07) is 5.35. The van der Waals surface area contributed by atoms with E-state index in [9.17, 15) is 13.2 Å². The van der Waals surface area contributed by atoms with Crippen molar-refractivity contribution in [1.82, 2.24) is 0 Å². The number of nitrogens with one attached hydrogen (secondary N) is 1. The molecule has 2 heterocycles. The Labute approximate surface area is 109 Å². The van der Waals surface area contributed by atoms with Crippen LogP contribution >= 0.6 is 0 Å². The Balaban J connectivity index is 2.21. The fourth-order valence-corrected chi connectivity index (χ4v) is 3.37. The van der Waals surface area contributed by atoms with Gasteiger partial charge in [0.1, 0.15) is 5.71 Å². The fraction of sp³-hybridized carbons (Fsp3) is 0.500. The highest BCUT2D eigenvalue weighted by atomic mass is 19.4. The maximum absolute atomic E-state index is 13.3. The first-order chi connectivity index (χ1) is 8.85. The Morgan fingerprint density at radius 2 is 2.11 bits per heavy atom. The molecule has 0 radical (unpaired) electrons. The SMILES string of the molecule is Cc1ccc2c(c1)C1(CCN=C1C(F)(F)F)C(C)N2. The van der Waals surface area contributed by atoms with Gasteiger partial charge in [0.15, 0.2) is 0 Å². The van der Waals surface area contributed by atoms with Crippen LogP contribution in [0.25, 0.3) is 0 Å². The van der Waals surface area contributed by atoms with E-state index in [1.807, 2.05) is 32.0 Å². The van der Waals surface area contributed by atoms with Gasteiger partial charge in [0, 0.05) is 18.3 Å². The van der Waals surface area contributed by atoms with Crippen molar-refractivity contribution in [2.45, 2.75) is 37.9 Å². The largest absolute Gasteiger partial charge is 0.430 e. The Morgan fingerprint density at radius 3 is 2.79 bits per heavy atom. The average molecular weight is 268 g/mol. The first kappa shape index (κ1) is 12.5. The van der Waals surface area contributed by atoms with Crippen LogP contribution in [0.15, 0.2) is 23.2 Å². The van der Waals surface area contributed by atoms with Crippen molar-refractivity contribution in [2.75, 3.05) is 11.9 Å². The lowest BCUT2D eigenvalue weighted by Gasteiger charge is -2.32. The Hall–Kier alpha value is -1.52. The molecule has 0 amide bonds. The van der Waals surface area contributed by atoms with Crippen LogP contribution in [-0.2, 0) is 5.41 Å². The molecule has 2 unspecified atom stereocenters. The molecule has 0 saturated carbocycles. The molecule has 2 aliphatic heterocycles. The van der Waals surface area contributed by atoms with E-state index >= 15 is 0 Å². The molecule has 1 aromatic carbocycles. The van der Waals surface area contributed by atoms with E-state index in [1.54, 1.807) is 0 Å². The van der Waals surface area contributed by atoms with Crippen molar-refractivity contribution in [3.8, 4) is 0 Å². The standard InChI is InChI=1S/C14H15F3N2/c1-8-3-4-11-10(7-8)13(9(2)19-11)5-6-18-12(13)14(15,16)17/h3-4,7,9,19H,5-6H2,1-2H3. The summed E-state index contributed by atoms with van der Waals surface area (Å²) < 4.78 is 39.8. The summed E-state index contributed by atoms with van der Waals surface area (Å²) in [7, 11) is 0. The molecule has 2 atom stereocenters. The van der Waals surface area contributed by atoms with E-state index < -0.39 is 17.3 Å². The zero-order chi connectivity index (χ0) is 13.8. The van der Waals surface area contributed by atoms with Gasteiger partial charge < -0.3 is 5.32 Å². The highest BCUT2D eigenvalue weighted by Crippen LogP contribution is 2.50. The fourth-order valence-electron chi connectivity index (χ4n) is 3.37. The second kappa shape index (κ2) is 3.74. The van der Waals surface area contributed by atoms with Crippen LogP contribution in [-0.4, -0.2) is 24.5 Å². The smallest absolute Gasteiger partial charge is 0.381 e. The molecule has 1 aromatic rings. The van der Waals surface area contributed by atoms with Crippen molar-refractivity contribution in [1.29, 1.82) is 0 Å². The van der Waals surface area contributed by atoms with Gasteiger partial charge in [0.25, 0.3) is 0 Å². The molecule has 102 valence electrons. The predicted molar refractivity (Wildman–Crippen MR) is 68.9 cm³/mol. The quantitative estimate of drug-likeness (QED) is 0.765. The molecule has 1 N–H and O–H groups in total. The summed E-state index contributed by atoms with van der Waals surface area (Å²) in [5, 5.41) is 3.18. The van der Waals surface area contributed by atoms with E-state index in [2.05, 4.69) is 10.3 Å². The number of rotatable bonds is 0. The summed E-state index contributed by atoms with van der Waals surface area (Å²) in [4.78, 5) is 3.77. The van der Waals surface area contributed by atoms with Gasteiger partial charge in [-0.15, -0.1) is 0 Å². The summed E-state index contributed by atoms with van der Waals surface area (Å²) in [5.41, 5.74) is 0.886. The van der Waals surface area contributed by atoms with Crippen LogP contribution in [0.2, 0.25) is 0 Å². The van der Waals surface area contributed by atoms with Crippen LogP contribution in [0.3, 0.4) is 0 Å². The maximum atomic E-state index is 13.3. The first-order valence-corrected chi connectivity index (χ1v) is 6.35. The molecule has 1 spiro atoms. The second-order valence-corrected chi connectivity index (χ2v) is 5.36. The van der Waals surface area contributed by atoms with Gasteiger partial charge in [-0.3, -0.25) is 4.99 Å². The molecule has 5 heteroatoms. The van der Waals surface area contributed by atoms with Crippen LogP contribution < -0.4 is 5.32 Å². The van der Waals surface area contributed by atoms with E-state index in [-0.39, 0.29) is 12.6 Å². The minimum atomic E-state index is -4.36. The monoisotopic (exact) mass is 268 g/mol. The Morgan fingerprint density at radius 1 is 1.37 bits per heavy atom. The van der Waals surface area contributed by atoms with Crippen molar-refractivity contribution in [3.63, 3.8) is 0 Å². The third kappa shape index (κ3) is 1.60. The van der Waals surface area contributed by atoms with E-state index in [4.69, 9.17) is 0 Å². The van der Waals surface area contributed by atoms with Gasteiger partial charge in [-0.1, -0.05) is 17.7 Å². The number of aliphatic imine (C=N–C) groups is 1. The summed E-state index contributed by atoms with van der Waals surface area (Å²) in [6.45, 7) is 3.95. The zero-order valence-corrected chi connectivity index (χ0v) is 10.8. The van der Waals surface area contributed by atoms with Crippen LogP contribution in [0.5, 0.6) is 0 Å². The number of alkyl halides is 3. The number of fused-ring (bicyclic) bond motifs is 2. The van der Waals surface area contributed by atoms with Gasteiger partial charge in [-0.25, -0.2) is 0 Å². The predicted octanol–water partition coefficient (Wildman–Crippen LogP) is 3.45.